The molecule has 0 aliphatic carbocycles. The lowest BCUT2D eigenvalue weighted by atomic mass is 10.2. The van der Waals surface area contributed by atoms with Crippen LogP contribution in [-0.4, -0.2) is 50.4 Å². The number of morpholine rings is 1. The van der Waals surface area contributed by atoms with E-state index in [0.29, 0.717) is 0 Å². The maximum Gasteiger partial charge on any atom is 0.102 e. The van der Waals surface area contributed by atoms with Crippen molar-refractivity contribution in [2.75, 3.05) is 45.9 Å². The SMILES string of the molecule is CC[N+]1(CCCN)CCOCC1. The summed E-state index contributed by atoms with van der Waals surface area (Å²) in [5, 5.41) is 0. The first-order chi connectivity index (χ1) is 5.83. The van der Waals surface area contributed by atoms with Crippen molar-refractivity contribution in [3.05, 3.63) is 0 Å². The zero-order valence-corrected chi connectivity index (χ0v) is 8.09. The lowest BCUT2D eigenvalue weighted by Gasteiger charge is -2.40. The van der Waals surface area contributed by atoms with Gasteiger partial charge < -0.3 is 15.0 Å². The Kier molecular flexibility index (Phi) is 3.98. The Bertz CT molecular complexity index is 122. The quantitative estimate of drug-likeness (QED) is 0.616. The molecule has 12 heavy (non-hydrogen) atoms. The van der Waals surface area contributed by atoms with Gasteiger partial charge in [0, 0.05) is 6.42 Å². The van der Waals surface area contributed by atoms with Gasteiger partial charge in [-0.15, -0.1) is 0 Å². The number of hydrogen-bond donors (Lipinski definition) is 1. The number of nitrogens with zero attached hydrogens (tertiary/aromatic N) is 1. The van der Waals surface area contributed by atoms with Crippen molar-refractivity contribution < 1.29 is 9.22 Å². The predicted octanol–water partition coefficient (Wildman–Crippen LogP) is 0.202. The molecule has 0 aromatic carbocycles. The van der Waals surface area contributed by atoms with Crippen LogP contribution in [0, 0.1) is 0 Å². The van der Waals surface area contributed by atoms with Crippen LogP contribution in [0.3, 0.4) is 0 Å². The van der Waals surface area contributed by atoms with Crippen LogP contribution < -0.4 is 5.73 Å². The van der Waals surface area contributed by atoms with E-state index in [1.165, 1.54) is 30.7 Å². The van der Waals surface area contributed by atoms with E-state index >= 15 is 0 Å². The van der Waals surface area contributed by atoms with Crippen molar-refractivity contribution in [3.8, 4) is 0 Å². The molecule has 0 spiro atoms. The zero-order valence-electron chi connectivity index (χ0n) is 8.09. The molecule has 0 bridgehead atoms. The normalized spacial score (nSPS) is 22.5. The molecule has 0 aromatic heterocycles. The molecule has 0 amide bonds. The zero-order chi connectivity index (χ0) is 8.86. The molecular weight excluding hydrogens is 152 g/mol. The van der Waals surface area contributed by atoms with E-state index in [1.54, 1.807) is 0 Å². The second kappa shape index (κ2) is 4.80. The number of ether oxygens (including phenoxy) is 1. The number of likely N-dealkylation sites (N-methyl/N-ethyl adjacent to an activating group) is 1. The molecule has 1 aliphatic heterocycles. The van der Waals surface area contributed by atoms with Gasteiger partial charge in [0.1, 0.15) is 13.1 Å². The number of nitrogens with two attached hydrogens (primary N) is 1. The number of rotatable bonds is 4. The van der Waals surface area contributed by atoms with Crippen molar-refractivity contribution in [2.24, 2.45) is 5.73 Å². The van der Waals surface area contributed by atoms with Gasteiger partial charge in [0.2, 0.25) is 0 Å². The summed E-state index contributed by atoms with van der Waals surface area (Å²) in [5.74, 6) is 0. The van der Waals surface area contributed by atoms with Gasteiger partial charge in [0.25, 0.3) is 0 Å². The van der Waals surface area contributed by atoms with E-state index in [4.69, 9.17) is 10.5 Å². The second-order valence-electron chi connectivity index (χ2n) is 3.58. The molecule has 0 atom stereocenters. The Balaban J connectivity index is 2.37. The fourth-order valence-electron chi connectivity index (χ4n) is 1.85. The van der Waals surface area contributed by atoms with Gasteiger partial charge in [-0.2, -0.15) is 0 Å². The molecule has 0 saturated carbocycles. The van der Waals surface area contributed by atoms with Crippen molar-refractivity contribution in [1.29, 1.82) is 0 Å². The van der Waals surface area contributed by atoms with Gasteiger partial charge in [-0.1, -0.05) is 0 Å². The molecule has 1 heterocycles. The van der Waals surface area contributed by atoms with Crippen molar-refractivity contribution in [1.82, 2.24) is 0 Å². The minimum atomic E-state index is 0.820. The van der Waals surface area contributed by atoms with E-state index in [-0.39, 0.29) is 0 Å². The molecule has 0 aromatic rings. The molecular formula is C9H21N2O+. The topological polar surface area (TPSA) is 35.2 Å². The summed E-state index contributed by atoms with van der Waals surface area (Å²) in [6, 6.07) is 0. The Morgan fingerprint density at radius 3 is 2.50 bits per heavy atom. The summed E-state index contributed by atoms with van der Waals surface area (Å²) in [5.41, 5.74) is 5.52. The standard InChI is InChI=1S/C9H21N2O/c1-2-11(5-3-4-10)6-8-12-9-7-11/h2-10H2,1H3/q+1. The summed E-state index contributed by atoms with van der Waals surface area (Å²) in [4.78, 5) is 0. The van der Waals surface area contributed by atoms with Crippen molar-refractivity contribution in [2.45, 2.75) is 13.3 Å². The summed E-state index contributed by atoms with van der Waals surface area (Å²) in [6.07, 6.45) is 1.15. The first-order valence-electron chi connectivity index (χ1n) is 4.96. The van der Waals surface area contributed by atoms with Crippen LogP contribution in [0.4, 0.5) is 0 Å². The second-order valence-corrected chi connectivity index (χ2v) is 3.58. The molecule has 1 rings (SSSR count). The minimum absolute atomic E-state index is 0.820. The van der Waals surface area contributed by atoms with Gasteiger partial charge >= 0.3 is 0 Å². The highest BCUT2D eigenvalue weighted by molar-refractivity contribution is 4.50. The van der Waals surface area contributed by atoms with Crippen LogP contribution in [-0.2, 0) is 4.74 Å². The number of quaternary nitrogens is 1. The van der Waals surface area contributed by atoms with E-state index in [0.717, 1.165) is 26.2 Å². The van der Waals surface area contributed by atoms with E-state index in [1.807, 2.05) is 0 Å². The van der Waals surface area contributed by atoms with Gasteiger partial charge in [0.15, 0.2) is 0 Å². The van der Waals surface area contributed by atoms with Crippen LogP contribution >= 0.6 is 0 Å². The van der Waals surface area contributed by atoms with Gasteiger partial charge in [-0.05, 0) is 13.5 Å². The molecule has 1 fully saturated rings. The molecule has 0 radical (unpaired) electrons. The predicted molar refractivity (Wildman–Crippen MR) is 49.9 cm³/mol. The lowest BCUT2D eigenvalue weighted by Crippen LogP contribution is -2.55. The average Bonchev–Trinajstić information content (AvgIpc) is 2.16. The summed E-state index contributed by atoms with van der Waals surface area (Å²) < 4.78 is 6.58. The van der Waals surface area contributed by atoms with Gasteiger partial charge in [-0.25, -0.2) is 0 Å². The average molecular weight is 173 g/mol. The fraction of sp³-hybridized carbons (Fsp3) is 1.00. The summed E-state index contributed by atoms with van der Waals surface area (Å²) in [6.45, 7) is 9.76. The Morgan fingerprint density at radius 2 is 2.00 bits per heavy atom. The van der Waals surface area contributed by atoms with Crippen LogP contribution in [0.25, 0.3) is 0 Å². The van der Waals surface area contributed by atoms with Crippen LogP contribution in [0.1, 0.15) is 13.3 Å². The highest BCUT2D eigenvalue weighted by Crippen LogP contribution is 2.11. The van der Waals surface area contributed by atoms with Crippen molar-refractivity contribution >= 4 is 0 Å². The maximum absolute atomic E-state index is 5.52. The molecule has 0 unspecified atom stereocenters. The van der Waals surface area contributed by atoms with E-state index in [9.17, 15) is 0 Å². The van der Waals surface area contributed by atoms with E-state index in [2.05, 4.69) is 6.92 Å². The van der Waals surface area contributed by atoms with Gasteiger partial charge in [-0.3, -0.25) is 0 Å². The first-order valence-corrected chi connectivity index (χ1v) is 4.96. The monoisotopic (exact) mass is 173 g/mol. The van der Waals surface area contributed by atoms with Gasteiger partial charge in [0.05, 0.1) is 26.3 Å². The van der Waals surface area contributed by atoms with Crippen LogP contribution in [0.5, 0.6) is 0 Å². The molecule has 1 saturated heterocycles. The molecule has 3 heteroatoms. The third-order valence-electron chi connectivity index (χ3n) is 2.93. The van der Waals surface area contributed by atoms with Crippen molar-refractivity contribution in [3.63, 3.8) is 0 Å². The third kappa shape index (κ3) is 2.44. The molecule has 1 aliphatic rings. The lowest BCUT2D eigenvalue weighted by molar-refractivity contribution is -0.933. The first kappa shape index (κ1) is 9.96. The Hall–Kier alpha value is -0.120. The highest BCUT2D eigenvalue weighted by Gasteiger charge is 2.27. The number of hydrogen-bond acceptors (Lipinski definition) is 2. The van der Waals surface area contributed by atoms with E-state index < -0.39 is 0 Å². The van der Waals surface area contributed by atoms with Crippen LogP contribution in [0.2, 0.25) is 0 Å². The molecule has 72 valence electrons. The summed E-state index contributed by atoms with van der Waals surface area (Å²) in [7, 11) is 0. The Labute approximate surface area is 75.1 Å². The molecule has 2 N–H and O–H groups in total. The molecule has 3 nitrogen and oxygen atoms in total. The smallest absolute Gasteiger partial charge is 0.102 e. The third-order valence-corrected chi connectivity index (χ3v) is 2.93. The minimum Gasteiger partial charge on any atom is -0.370 e. The largest absolute Gasteiger partial charge is 0.370 e. The highest BCUT2D eigenvalue weighted by atomic mass is 16.5. The fourth-order valence-corrected chi connectivity index (χ4v) is 1.85. The summed E-state index contributed by atoms with van der Waals surface area (Å²) >= 11 is 0. The Morgan fingerprint density at radius 1 is 1.33 bits per heavy atom. The maximum atomic E-state index is 5.52. The van der Waals surface area contributed by atoms with Crippen LogP contribution in [0.15, 0.2) is 0 Å².